The number of H-pyrrole nitrogens is 1. The molecule has 4 heterocycles. The Bertz CT molecular complexity index is 1380. The lowest BCUT2D eigenvalue weighted by molar-refractivity contribution is 0.398. The second-order valence-electron chi connectivity index (χ2n) is 9.04. The van der Waals surface area contributed by atoms with Crippen LogP contribution in [0.15, 0.2) is 59.7 Å². The zero-order chi connectivity index (χ0) is 23.7. The van der Waals surface area contributed by atoms with Gasteiger partial charge in [0.2, 0.25) is 5.88 Å². The molecule has 0 spiro atoms. The number of anilines is 3. The van der Waals surface area contributed by atoms with Crippen molar-refractivity contribution in [1.29, 1.82) is 0 Å². The first kappa shape index (κ1) is 21.9. The first-order valence-corrected chi connectivity index (χ1v) is 11.7. The van der Waals surface area contributed by atoms with E-state index in [9.17, 15) is 4.79 Å². The average molecular weight is 456 g/mol. The van der Waals surface area contributed by atoms with E-state index in [0.29, 0.717) is 23.0 Å². The molecule has 7 nitrogen and oxygen atoms in total. The van der Waals surface area contributed by atoms with E-state index in [1.807, 2.05) is 18.2 Å². The Hall–Kier alpha value is -3.87. The molecule has 174 valence electrons. The number of nitrogens with zero attached hydrogens (tertiary/aromatic N) is 3. The standard InChI is InChI=1S/C27H29N5O2/c1-17-5-4-12-32(16-17)23-8-7-21(13-18(23)2)30-26-25-19(10-11-28-27(25)33)14-22(31-26)20-6-9-24(34-3)29-15-20/h6-11,13-15,17H,4-5,12,16H2,1-3H3,(H,28,33)(H,30,31)/t17-/m0/s1. The normalized spacial score (nSPS) is 16.0. The number of benzene rings is 1. The smallest absolute Gasteiger partial charge is 0.259 e. The average Bonchev–Trinajstić information content (AvgIpc) is 2.84. The lowest BCUT2D eigenvalue weighted by Crippen LogP contribution is -2.34. The summed E-state index contributed by atoms with van der Waals surface area (Å²) in [4.78, 5) is 27.1. The summed E-state index contributed by atoms with van der Waals surface area (Å²) in [5.41, 5.74) is 4.76. The van der Waals surface area contributed by atoms with E-state index in [-0.39, 0.29) is 5.56 Å². The van der Waals surface area contributed by atoms with E-state index in [4.69, 9.17) is 9.72 Å². The Balaban J connectivity index is 1.52. The van der Waals surface area contributed by atoms with Crippen molar-refractivity contribution in [1.82, 2.24) is 15.0 Å². The van der Waals surface area contributed by atoms with Gasteiger partial charge in [-0.2, -0.15) is 0 Å². The third kappa shape index (κ3) is 4.33. The molecule has 0 unspecified atom stereocenters. The van der Waals surface area contributed by atoms with Crippen LogP contribution in [-0.4, -0.2) is 35.2 Å². The minimum absolute atomic E-state index is 0.178. The summed E-state index contributed by atoms with van der Waals surface area (Å²) in [5.74, 6) is 1.77. The van der Waals surface area contributed by atoms with Crippen LogP contribution in [0.5, 0.6) is 5.88 Å². The highest BCUT2D eigenvalue weighted by atomic mass is 16.5. The number of fused-ring (bicyclic) bond motifs is 1. The second kappa shape index (κ2) is 9.17. The van der Waals surface area contributed by atoms with Gasteiger partial charge in [-0.1, -0.05) is 6.92 Å². The highest BCUT2D eigenvalue weighted by Gasteiger charge is 2.18. The van der Waals surface area contributed by atoms with Crippen LogP contribution in [0.25, 0.3) is 22.0 Å². The number of ether oxygens (including phenoxy) is 1. The molecule has 0 amide bonds. The van der Waals surface area contributed by atoms with E-state index in [2.05, 4.69) is 52.2 Å². The van der Waals surface area contributed by atoms with Gasteiger partial charge in [0.05, 0.1) is 18.2 Å². The molecule has 1 atom stereocenters. The van der Waals surface area contributed by atoms with E-state index < -0.39 is 0 Å². The zero-order valence-electron chi connectivity index (χ0n) is 19.8. The Labute approximate surface area is 198 Å². The second-order valence-corrected chi connectivity index (χ2v) is 9.04. The molecular weight excluding hydrogens is 426 g/mol. The number of nitrogens with one attached hydrogen (secondary N) is 2. The number of hydrogen-bond acceptors (Lipinski definition) is 6. The fourth-order valence-corrected chi connectivity index (χ4v) is 4.74. The molecule has 0 saturated carbocycles. The molecule has 1 saturated heterocycles. The minimum Gasteiger partial charge on any atom is -0.481 e. The summed E-state index contributed by atoms with van der Waals surface area (Å²) in [6, 6.07) is 13.9. The quantitative estimate of drug-likeness (QED) is 0.426. The maximum absolute atomic E-state index is 12.7. The number of rotatable bonds is 5. The molecule has 1 fully saturated rings. The molecule has 0 aliphatic carbocycles. The molecule has 4 aromatic rings. The van der Waals surface area contributed by atoms with Gasteiger partial charge >= 0.3 is 0 Å². The van der Waals surface area contributed by atoms with Gasteiger partial charge in [0.15, 0.2) is 0 Å². The number of piperidine rings is 1. The van der Waals surface area contributed by atoms with Crippen molar-refractivity contribution in [2.75, 3.05) is 30.4 Å². The van der Waals surface area contributed by atoms with Gasteiger partial charge in [0.1, 0.15) is 5.82 Å². The molecule has 0 radical (unpaired) electrons. The summed E-state index contributed by atoms with van der Waals surface area (Å²) in [5, 5.41) is 4.74. The van der Waals surface area contributed by atoms with Gasteiger partial charge in [0.25, 0.3) is 5.56 Å². The van der Waals surface area contributed by atoms with Crippen LogP contribution in [-0.2, 0) is 0 Å². The van der Waals surface area contributed by atoms with Crippen molar-refractivity contribution in [3.8, 4) is 17.1 Å². The van der Waals surface area contributed by atoms with Crippen molar-refractivity contribution >= 4 is 28.0 Å². The van der Waals surface area contributed by atoms with Crippen LogP contribution < -0.4 is 20.5 Å². The SMILES string of the molecule is COc1ccc(-c2cc3cc[nH]c(=O)c3c(Nc3ccc(N4CCC[C@H](C)C4)c(C)c3)n2)cn1. The molecule has 1 aliphatic heterocycles. The summed E-state index contributed by atoms with van der Waals surface area (Å²) in [6.45, 7) is 6.64. The lowest BCUT2D eigenvalue weighted by Gasteiger charge is -2.34. The van der Waals surface area contributed by atoms with E-state index in [1.54, 1.807) is 25.6 Å². The van der Waals surface area contributed by atoms with Crippen LogP contribution >= 0.6 is 0 Å². The van der Waals surface area contributed by atoms with Crippen LogP contribution in [0, 0.1) is 12.8 Å². The first-order valence-electron chi connectivity index (χ1n) is 11.7. The number of hydrogen-bond donors (Lipinski definition) is 2. The predicted molar refractivity (Wildman–Crippen MR) is 137 cm³/mol. The number of aromatic nitrogens is 3. The molecule has 2 N–H and O–H groups in total. The van der Waals surface area contributed by atoms with E-state index in [0.717, 1.165) is 35.4 Å². The van der Waals surface area contributed by atoms with Gasteiger partial charge in [-0.25, -0.2) is 9.97 Å². The molecule has 5 rings (SSSR count). The predicted octanol–water partition coefficient (Wildman–Crippen LogP) is 5.28. The highest BCUT2D eigenvalue weighted by molar-refractivity contribution is 5.95. The summed E-state index contributed by atoms with van der Waals surface area (Å²) < 4.78 is 5.17. The van der Waals surface area contributed by atoms with Crippen LogP contribution in [0.2, 0.25) is 0 Å². The maximum Gasteiger partial charge on any atom is 0.259 e. The van der Waals surface area contributed by atoms with Crippen molar-refractivity contribution in [2.45, 2.75) is 26.7 Å². The maximum atomic E-state index is 12.7. The molecule has 1 aromatic carbocycles. The van der Waals surface area contributed by atoms with Crippen LogP contribution in [0.3, 0.4) is 0 Å². The van der Waals surface area contributed by atoms with E-state index >= 15 is 0 Å². The monoisotopic (exact) mass is 455 g/mol. The lowest BCUT2D eigenvalue weighted by atomic mass is 9.99. The van der Waals surface area contributed by atoms with Crippen molar-refractivity contribution < 1.29 is 4.74 Å². The van der Waals surface area contributed by atoms with Crippen molar-refractivity contribution in [3.05, 3.63) is 70.8 Å². The number of methoxy groups -OCH3 is 1. The number of aryl methyl sites for hydroxylation is 1. The fraction of sp³-hybridized carbons (Fsp3) is 0.296. The molecule has 0 bridgehead atoms. The third-order valence-electron chi connectivity index (χ3n) is 6.45. The zero-order valence-corrected chi connectivity index (χ0v) is 19.8. The Morgan fingerprint density at radius 1 is 1.18 bits per heavy atom. The molecule has 1 aliphatic rings. The van der Waals surface area contributed by atoms with Gasteiger partial charge in [0, 0.05) is 48.5 Å². The summed E-state index contributed by atoms with van der Waals surface area (Å²) in [6.07, 6.45) is 5.90. The van der Waals surface area contributed by atoms with Crippen LogP contribution in [0.1, 0.15) is 25.3 Å². The Morgan fingerprint density at radius 2 is 2.06 bits per heavy atom. The van der Waals surface area contributed by atoms with Crippen molar-refractivity contribution in [3.63, 3.8) is 0 Å². The molecule has 34 heavy (non-hydrogen) atoms. The Morgan fingerprint density at radius 3 is 2.79 bits per heavy atom. The summed E-state index contributed by atoms with van der Waals surface area (Å²) >= 11 is 0. The molecular formula is C27H29N5O2. The third-order valence-corrected chi connectivity index (χ3v) is 6.45. The van der Waals surface area contributed by atoms with Crippen LogP contribution in [0.4, 0.5) is 17.2 Å². The molecule has 7 heteroatoms. The number of aromatic amines is 1. The van der Waals surface area contributed by atoms with E-state index in [1.165, 1.54) is 24.1 Å². The van der Waals surface area contributed by atoms with Gasteiger partial charge in [-0.3, -0.25) is 4.79 Å². The minimum atomic E-state index is -0.178. The van der Waals surface area contributed by atoms with Gasteiger partial charge in [-0.05, 0) is 73.0 Å². The highest BCUT2D eigenvalue weighted by Crippen LogP contribution is 2.31. The first-order chi connectivity index (χ1) is 16.5. The van der Waals surface area contributed by atoms with Crippen molar-refractivity contribution in [2.24, 2.45) is 5.92 Å². The van der Waals surface area contributed by atoms with Gasteiger partial charge in [-0.15, -0.1) is 0 Å². The fourth-order valence-electron chi connectivity index (χ4n) is 4.74. The summed E-state index contributed by atoms with van der Waals surface area (Å²) in [7, 11) is 1.59. The van der Waals surface area contributed by atoms with Gasteiger partial charge < -0.3 is 19.9 Å². The Kier molecular flexibility index (Phi) is 5.92. The molecule has 3 aromatic heterocycles. The largest absolute Gasteiger partial charge is 0.481 e. The number of pyridine rings is 3. The topological polar surface area (TPSA) is 83.1 Å².